The molecule has 0 bridgehead atoms. The topological polar surface area (TPSA) is 76.1 Å². The van der Waals surface area contributed by atoms with Crippen molar-refractivity contribution >= 4 is 11.7 Å². The van der Waals surface area contributed by atoms with E-state index in [0.717, 1.165) is 62.2 Å². The molecule has 0 unspecified atom stereocenters. The molecule has 2 aliphatic rings. The van der Waals surface area contributed by atoms with Crippen LogP contribution in [0.2, 0.25) is 0 Å². The van der Waals surface area contributed by atoms with Crippen LogP contribution in [-0.4, -0.2) is 41.7 Å². The number of hydrogen-bond donors (Lipinski definition) is 2. The molecule has 1 saturated carbocycles. The van der Waals surface area contributed by atoms with Gasteiger partial charge in [-0.2, -0.15) is 0 Å². The minimum atomic E-state index is -0.0873. The molecule has 4 rings (SSSR count). The van der Waals surface area contributed by atoms with Crippen LogP contribution in [-0.2, 0) is 24.0 Å². The number of ether oxygens (including phenoxy) is 1. The highest BCUT2D eigenvalue weighted by atomic mass is 16.5. The van der Waals surface area contributed by atoms with Crippen LogP contribution in [0.15, 0.2) is 30.3 Å². The van der Waals surface area contributed by atoms with Crippen LogP contribution in [0, 0.1) is 0 Å². The highest BCUT2D eigenvalue weighted by molar-refractivity contribution is 5.96. The van der Waals surface area contributed by atoms with Gasteiger partial charge in [-0.25, -0.2) is 9.97 Å². The summed E-state index contributed by atoms with van der Waals surface area (Å²) in [6.07, 6.45) is 6.95. The Hall–Kier alpha value is -2.47. The fraction of sp³-hybridized carbons (Fsp3) is 0.500. The van der Waals surface area contributed by atoms with Gasteiger partial charge in [0.15, 0.2) is 0 Å². The van der Waals surface area contributed by atoms with Gasteiger partial charge in [0.2, 0.25) is 0 Å². The number of rotatable bonds is 6. The molecule has 148 valence electrons. The lowest BCUT2D eigenvalue weighted by Gasteiger charge is -2.30. The standard InChI is InChI=1S/C22H28N4O2/c1-28-17-10-8-16(9-11-17)24-21-18-13-14-23-22(27)20(18)25-19(26-21)12-7-15-5-3-2-4-6-15/h2-6,16-17H,7-14H2,1H3,(H,23,27)(H,24,25,26). The lowest BCUT2D eigenvalue weighted by atomic mass is 9.92. The first kappa shape index (κ1) is 18.9. The Balaban J connectivity index is 1.54. The second-order valence-electron chi connectivity index (χ2n) is 7.66. The van der Waals surface area contributed by atoms with Crippen molar-refractivity contribution in [2.75, 3.05) is 19.0 Å². The van der Waals surface area contributed by atoms with E-state index in [1.165, 1.54) is 5.56 Å². The number of nitrogens with zero attached hydrogens (tertiary/aromatic N) is 2. The van der Waals surface area contributed by atoms with E-state index >= 15 is 0 Å². The van der Waals surface area contributed by atoms with Crippen LogP contribution in [0.25, 0.3) is 0 Å². The molecule has 2 heterocycles. The van der Waals surface area contributed by atoms with Gasteiger partial charge < -0.3 is 15.4 Å². The lowest BCUT2D eigenvalue weighted by molar-refractivity contribution is 0.0681. The second-order valence-corrected chi connectivity index (χ2v) is 7.66. The summed E-state index contributed by atoms with van der Waals surface area (Å²) in [5.74, 6) is 1.49. The summed E-state index contributed by atoms with van der Waals surface area (Å²) in [4.78, 5) is 21.8. The molecular weight excluding hydrogens is 352 g/mol. The molecule has 2 aromatic rings. The maximum atomic E-state index is 12.4. The number of amides is 1. The highest BCUT2D eigenvalue weighted by Gasteiger charge is 2.26. The Labute approximate surface area is 166 Å². The Kier molecular flexibility index (Phi) is 5.86. The van der Waals surface area contributed by atoms with E-state index in [9.17, 15) is 4.79 Å². The first-order valence-electron chi connectivity index (χ1n) is 10.2. The fourth-order valence-electron chi connectivity index (χ4n) is 4.11. The predicted molar refractivity (Wildman–Crippen MR) is 109 cm³/mol. The number of nitrogens with one attached hydrogen (secondary N) is 2. The van der Waals surface area contributed by atoms with E-state index in [2.05, 4.69) is 27.8 Å². The molecule has 1 amide bonds. The summed E-state index contributed by atoms with van der Waals surface area (Å²) in [6, 6.07) is 10.7. The summed E-state index contributed by atoms with van der Waals surface area (Å²) < 4.78 is 5.48. The number of aryl methyl sites for hydroxylation is 2. The molecule has 1 fully saturated rings. The monoisotopic (exact) mass is 380 g/mol. The maximum Gasteiger partial charge on any atom is 0.270 e. The zero-order valence-corrected chi connectivity index (χ0v) is 16.4. The number of hydrogen-bond acceptors (Lipinski definition) is 5. The van der Waals surface area contributed by atoms with E-state index < -0.39 is 0 Å². The number of carbonyl (C=O) groups is 1. The molecule has 1 aromatic heterocycles. The normalized spacial score (nSPS) is 21.7. The molecule has 0 spiro atoms. The molecule has 0 saturated heterocycles. The summed E-state index contributed by atoms with van der Waals surface area (Å²) in [5.41, 5.74) is 2.75. The Bertz CT molecular complexity index is 817. The maximum absolute atomic E-state index is 12.4. The van der Waals surface area contributed by atoms with Gasteiger partial charge in [0.25, 0.3) is 5.91 Å². The van der Waals surface area contributed by atoms with Crippen molar-refractivity contribution in [3.63, 3.8) is 0 Å². The molecular formula is C22H28N4O2. The van der Waals surface area contributed by atoms with Crippen LogP contribution in [0.4, 0.5) is 5.82 Å². The number of anilines is 1. The van der Waals surface area contributed by atoms with Crippen LogP contribution in [0.3, 0.4) is 0 Å². The summed E-state index contributed by atoms with van der Waals surface area (Å²) >= 11 is 0. The van der Waals surface area contributed by atoms with E-state index in [0.29, 0.717) is 24.4 Å². The van der Waals surface area contributed by atoms with E-state index in [1.807, 2.05) is 18.2 Å². The third-order valence-corrected chi connectivity index (χ3v) is 5.76. The minimum absolute atomic E-state index is 0.0873. The summed E-state index contributed by atoms with van der Waals surface area (Å²) in [7, 11) is 1.79. The molecule has 1 aliphatic heterocycles. The van der Waals surface area contributed by atoms with Gasteiger partial charge in [-0.3, -0.25) is 4.79 Å². The molecule has 2 N–H and O–H groups in total. The van der Waals surface area contributed by atoms with Gasteiger partial charge >= 0.3 is 0 Å². The van der Waals surface area contributed by atoms with Crippen molar-refractivity contribution in [3.05, 3.63) is 53.0 Å². The van der Waals surface area contributed by atoms with Crippen molar-refractivity contribution in [3.8, 4) is 0 Å². The predicted octanol–water partition coefficient (Wildman–Crippen LogP) is 2.92. The van der Waals surface area contributed by atoms with E-state index in [4.69, 9.17) is 9.72 Å². The Morgan fingerprint density at radius 1 is 1.11 bits per heavy atom. The number of benzene rings is 1. The molecule has 6 heteroatoms. The zero-order chi connectivity index (χ0) is 19.3. The van der Waals surface area contributed by atoms with Gasteiger partial charge in [-0.1, -0.05) is 30.3 Å². The molecule has 1 aliphatic carbocycles. The van der Waals surface area contributed by atoms with Crippen molar-refractivity contribution in [1.29, 1.82) is 0 Å². The van der Waals surface area contributed by atoms with Gasteiger partial charge in [0.1, 0.15) is 17.3 Å². The highest BCUT2D eigenvalue weighted by Crippen LogP contribution is 2.27. The van der Waals surface area contributed by atoms with Gasteiger partial charge in [-0.15, -0.1) is 0 Å². The summed E-state index contributed by atoms with van der Waals surface area (Å²) in [6.45, 7) is 0.643. The van der Waals surface area contributed by atoms with Crippen molar-refractivity contribution in [2.24, 2.45) is 0 Å². The van der Waals surface area contributed by atoms with E-state index in [1.54, 1.807) is 7.11 Å². The van der Waals surface area contributed by atoms with Crippen molar-refractivity contribution in [1.82, 2.24) is 15.3 Å². The summed E-state index contributed by atoms with van der Waals surface area (Å²) in [5, 5.41) is 6.54. The van der Waals surface area contributed by atoms with Gasteiger partial charge in [-0.05, 0) is 44.1 Å². The smallest absolute Gasteiger partial charge is 0.270 e. The zero-order valence-electron chi connectivity index (χ0n) is 16.4. The van der Waals surface area contributed by atoms with Crippen LogP contribution in [0.5, 0.6) is 0 Å². The number of methoxy groups -OCH3 is 1. The molecule has 0 radical (unpaired) electrons. The molecule has 6 nitrogen and oxygen atoms in total. The van der Waals surface area contributed by atoms with Gasteiger partial charge in [0, 0.05) is 31.7 Å². The average Bonchev–Trinajstić information content (AvgIpc) is 2.74. The molecule has 1 aromatic carbocycles. The largest absolute Gasteiger partial charge is 0.381 e. The minimum Gasteiger partial charge on any atom is -0.381 e. The first-order valence-corrected chi connectivity index (χ1v) is 10.2. The van der Waals surface area contributed by atoms with Crippen LogP contribution >= 0.6 is 0 Å². The first-order chi connectivity index (χ1) is 13.7. The lowest BCUT2D eigenvalue weighted by Crippen LogP contribution is -2.36. The SMILES string of the molecule is COC1CCC(Nc2nc(CCc3ccccc3)nc3c2CCNC3=O)CC1. The molecule has 28 heavy (non-hydrogen) atoms. The second kappa shape index (κ2) is 8.69. The van der Waals surface area contributed by atoms with Crippen LogP contribution < -0.4 is 10.6 Å². The number of carbonyl (C=O) groups excluding carboxylic acids is 1. The quantitative estimate of drug-likeness (QED) is 0.806. The number of fused-ring (bicyclic) bond motifs is 1. The van der Waals surface area contributed by atoms with Crippen molar-refractivity contribution in [2.45, 2.75) is 57.1 Å². The van der Waals surface area contributed by atoms with Gasteiger partial charge in [0.05, 0.1) is 6.10 Å². The third-order valence-electron chi connectivity index (χ3n) is 5.76. The van der Waals surface area contributed by atoms with Crippen molar-refractivity contribution < 1.29 is 9.53 Å². The average molecular weight is 380 g/mol. The Morgan fingerprint density at radius 3 is 2.64 bits per heavy atom. The van der Waals surface area contributed by atoms with E-state index in [-0.39, 0.29) is 5.91 Å². The van der Waals surface area contributed by atoms with Crippen LogP contribution in [0.1, 0.15) is 53.1 Å². The molecule has 0 atom stereocenters. The third kappa shape index (κ3) is 4.33. The number of aromatic nitrogens is 2. The Morgan fingerprint density at radius 2 is 1.89 bits per heavy atom. The fourth-order valence-corrected chi connectivity index (χ4v) is 4.11.